The van der Waals surface area contributed by atoms with Crippen LogP contribution in [-0.2, 0) is 32.3 Å². The van der Waals surface area contributed by atoms with E-state index in [0.29, 0.717) is 35.2 Å². The number of unbranched alkanes of at least 4 members (excludes halogenated alkanes) is 2. The van der Waals surface area contributed by atoms with E-state index in [1.807, 2.05) is 13.8 Å². The SMILES string of the molecule is CCCCN1C(=O)/C(=C/C=C/c2c(O)n(CC(=O)O)c(=O)n(CCCC)c2=O)C(=O)N(CC(=O)O)C1=O. The third-order valence-corrected chi connectivity index (χ3v) is 5.43. The van der Waals surface area contributed by atoms with Crippen LogP contribution in [-0.4, -0.2) is 77.1 Å². The van der Waals surface area contributed by atoms with Crippen LogP contribution in [0, 0.1) is 0 Å². The van der Waals surface area contributed by atoms with Crippen LogP contribution in [0.15, 0.2) is 27.3 Å². The van der Waals surface area contributed by atoms with Gasteiger partial charge in [-0.25, -0.2) is 14.5 Å². The lowest BCUT2D eigenvalue weighted by atomic mass is 10.1. The summed E-state index contributed by atoms with van der Waals surface area (Å²) >= 11 is 0. The first kappa shape index (κ1) is 28.7. The number of barbiturate groups is 1. The van der Waals surface area contributed by atoms with Gasteiger partial charge in [0.1, 0.15) is 24.2 Å². The molecule has 2 heterocycles. The lowest BCUT2D eigenvalue weighted by Gasteiger charge is -2.32. The average molecular weight is 520 g/mol. The molecule has 1 aliphatic rings. The van der Waals surface area contributed by atoms with E-state index < -0.39 is 71.1 Å². The number of aromatic nitrogens is 2. The molecule has 0 unspecified atom stereocenters. The Morgan fingerprint density at radius 1 is 0.811 bits per heavy atom. The van der Waals surface area contributed by atoms with E-state index in [2.05, 4.69) is 0 Å². The van der Waals surface area contributed by atoms with Crippen molar-refractivity contribution >= 4 is 35.9 Å². The minimum absolute atomic E-state index is 0.0361. The number of nitrogens with zero attached hydrogens (tertiary/aromatic N) is 4. The molecule has 14 nitrogen and oxygen atoms in total. The van der Waals surface area contributed by atoms with Crippen LogP contribution in [0.25, 0.3) is 6.08 Å². The summed E-state index contributed by atoms with van der Waals surface area (Å²) in [5.41, 5.74) is -2.95. The van der Waals surface area contributed by atoms with E-state index in [9.17, 15) is 38.7 Å². The molecule has 14 heteroatoms. The van der Waals surface area contributed by atoms with E-state index in [1.54, 1.807) is 0 Å². The second-order valence-electron chi connectivity index (χ2n) is 8.13. The molecule has 1 aromatic heterocycles. The van der Waals surface area contributed by atoms with Crippen molar-refractivity contribution in [3.8, 4) is 5.88 Å². The molecule has 1 aromatic rings. The third-order valence-electron chi connectivity index (χ3n) is 5.43. The highest BCUT2D eigenvalue weighted by atomic mass is 16.4. The Labute approximate surface area is 210 Å². The third kappa shape index (κ3) is 6.39. The van der Waals surface area contributed by atoms with Crippen LogP contribution < -0.4 is 11.2 Å². The molecule has 0 atom stereocenters. The highest BCUT2D eigenvalue weighted by Gasteiger charge is 2.42. The number of amides is 4. The minimum atomic E-state index is -1.47. The second-order valence-corrected chi connectivity index (χ2v) is 8.13. The summed E-state index contributed by atoms with van der Waals surface area (Å²) in [5.74, 6) is -5.96. The number of urea groups is 1. The summed E-state index contributed by atoms with van der Waals surface area (Å²) in [4.78, 5) is 87.1. The number of allylic oxidation sites excluding steroid dienone is 2. The maximum Gasteiger partial charge on any atom is 0.334 e. The van der Waals surface area contributed by atoms with Crippen molar-refractivity contribution in [1.82, 2.24) is 18.9 Å². The lowest BCUT2D eigenvalue weighted by Crippen LogP contribution is -2.57. The van der Waals surface area contributed by atoms with Gasteiger partial charge in [0.25, 0.3) is 17.4 Å². The van der Waals surface area contributed by atoms with Crippen LogP contribution >= 0.6 is 0 Å². The average Bonchev–Trinajstić information content (AvgIpc) is 2.83. The fourth-order valence-electron chi connectivity index (χ4n) is 3.52. The van der Waals surface area contributed by atoms with Crippen LogP contribution in [0.5, 0.6) is 5.88 Å². The van der Waals surface area contributed by atoms with Gasteiger partial charge in [-0.15, -0.1) is 0 Å². The van der Waals surface area contributed by atoms with Crippen LogP contribution in [0.3, 0.4) is 0 Å². The zero-order valence-electron chi connectivity index (χ0n) is 20.4. The summed E-state index contributed by atoms with van der Waals surface area (Å²) < 4.78 is 1.28. The number of aromatic hydroxyl groups is 1. The van der Waals surface area contributed by atoms with Crippen molar-refractivity contribution in [3.63, 3.8) is 0 Å². The molecule has 0 spiro atoms. The topological polar surface area (TPSA) is 197 Å². The quantitative estimate of drug-likeness (QED) is 0.253. The van der Waals surface area contributed by atoms with Gasteiger partial charge in [-0.2, -0.15) is 0 Å². The molecule has 3 N–H and O–H groups in total. The van der Waals surface area contributed by atoms with Crippen molar-refractivity contribution in [2.24, 2.45) is 0 Å². The minimum Gasteiger partial charge on any atom is -0.494 e. The van der Waals surface area contributed by atoms with Gasteiger partial charge in [-0.3, -0.25) is 38.0 Å². The summed E-state index contributed by atoms with van der Waals surface area (Å²) in [7, 11) is 0. The van der Waals surface area contributed by atoms with E-state index in [1.165, 1.54) is 0 Å². The normalized spacial score (nSPS) is 15.3. The van der Waals surface area contributed by atoms with Gasteiger partial charge in [-0.1, -0.05) is 32.8 Å². The van der Waals surface area contributed by atoms with Gasteiger partial charge < -0.3 is 15.3 Å². The van der Waals surface area contributed by atoms with Crippen LogP contribution in [0.2, 0.25) is 0 Å². The molecule has 0 radical (unpaired) electrons. The Kier molecular flexibility index (Phi) is 9.68. The fraction of sp³-hybridized carbons (Fsp3) is 0.435. The molecule has 37 heavy (non-hydrogen) atoms. The first-order valence-electron chi connectivity index (χ1n) is 11.5. The van der Waals surface area contributed by atoms with Crippen LogP contribution in [0.1, 0.15) is 45.1 Å². The van der Waals surface area contributed by atoms with Gasteiger partial charge in [-0.05, 0) is 25.0 Å². The monoisotopic (exact) mass is 520 g/mol. The van der Waals surface area contributed by atoms with Crippen molar-refractivity contribution in [3.05, 3.63) is 44.1 Å². The molecular weight excluding hydrogens is 492 g/mol. The maximum atomic E-state index is 12.9. The molecule has 0 aromatic carbocycles. The first-order chi connectivity index (χ1) is 17.5. The number of imide groups is 2. The number of rotatable bonds is 12. The Balaban J connectivity index is 2.59. The smallest absolute Gasteiger partial charge is 0.334 e. The number of aliphatic carboxylic acids is 2. The number of hydrogen-bond donors (Lipinski definition) is 3. The molecule has 4 amide bonds. The van der Waals surface area contributed by atoms with Gasteiger partial charge >= 0.3 is 23.7 Å². The number of hydrogen-bond acceptors (Lipinski definition) is 8. The number of carbonyl (C=O) groups is 5. The molecule has 0 aliphatic carbocycles. The standard InChI is InChI=1S/C23H28N4O10/c1-3-5-10-24-18(32)14(20(34)26(22(24)36)12-16(28)29)8-7-9-15-19(33)25(11-6-4-2)23(37)27(21(15)35)13-17(30)31/h7-9,34H,3-6,10-13H2,1-2H3,(H,28,29)(H,30,31)/b8-7+,15-9-. The Hall–Kier alpha value is -4.49. The van der Waals surface area contributed by atoms with Crippen molar-refractivity contribution in [1.29, 1.82) is 0 Å². The Morgan fingerprint density at radius 3 is 1.95 bits per heavy atom. The van der Waals surface area contributed by atoms with Crippen molar-refractivity contribution in [2.75, 3.05) is 13.1 Å². The Bertz CT molecular complexity index is 1290. The lowest BCUT2D eigenvalue weighted by molar-refractivity contribution is -0.144. The molecule has 1 saturated heterocycles. The largest absolute Gasteiger partial charge is 0.494 e. The summed E-state index contributed by atoms with van der Waals surface area (Å²) in [6.45, 7) is 1.64. The zero-order chi connectivity index (χ0) is 27.9. The highest BCUT2D eigenvalue weighted by molar-refractivity contribution is 6.29. The Morgan fingerprint density at radius 2 is 1.38 bits per heavy atom. The predicted molar refractivity (Wildman–Crippen MR) is 128 cm³/mol. The maximum absolute atomic E-state index is 12.9. The molecule has 1 fully saturated rings. The molecular formula is C23H28N4O10. The second kappa shape index (κ2) is 12.5. The van der Waals surface area contributed by atoms with E-state index in [0.717, 1.165) is 27.7 Å². The molecule has 200 valence electrons. The molecule has 1 aliphatic heterocycles. The fourth-order valence-corrected chi connectivity index (χ4v) is 3.52. The summed E-state index contributed by atoms with van der Waals surface area (Å²) in [5, 5.41) is 28.6. The first-order valence-corrected chi connectivity index (χ1v) is 11.5. The highest BCUT2D eigenvalue weighted by Crippen LogP contribution is 2.19. The van der Waals surface area contributed by atoms with Crippen molar-refractivity contribution in [2.45, 2.75) is 52.6 Å². The van der Waals surface area contributed by atoms with Gasteiger partial charge in [0.05, 0.1) is 0 Å². The number of carboxylic acids is 2. The van der Waals surface area contributed by atoms with E-state index in [4.69, 9.17) is 10.2 Å². The molecule has 0 bridgehead atoms. The van der Waals surface area contributed by atoms with Crippen LogP contribution in [0.4, 0.5) is 4.79 Å². The summed E-state index contributed by atoms with van der Waals surface area (Å²) in [6.07, 6.45) is 5.03. The predicted octanol–water partition coefficient (Wildman–Crippen LogP) is 0.215. The number of carboxylic acid groups (broad SMARTS) is 2. The molecule has 0 saturated carbocycles. The van der Waals surface area contributed by atoms with Gasteiger partial charge in [0, 0.05) is 13.1 Å². The van der Waals surface area contributed by atoms with Gasteiger partial charge in [0.2, 0.25) is 5.88 Å². The molecule has 2 rings (SSSR count). The zero-order valence-corrected chi connectivity index (χ0v) is 20.4. The van der Waals surface area contributed by atoms with Crippen molar-refractivity contribution < 1.29 is 39.3 Å². The summed E-state index contributed by atoms with van der Waals surface area (Å²) in [6, 6.07) is -1.07. The van der Waals surface area contributed by atoms with Gasteiger partial charge in [0.15, 0.2) is 0 Å². The van der Waals surface area contributed by atoms with E-state index >= 15 is 0 Å². The number of carbonyl (C=O) groups excluding carboxylic acids is 3. The van der Waals surface area contributed by atoms with E-state index in [-0.39, 0.29) is 13.1 Å².